The number of benzene rings is 2. The number of rotatable bonds is 7. The third-order valence-electron chi connectivity index (χ3n) is 3.56. The van der Waals surface area contributed by atoms with Gasteiger partial charge in [0.2, 0.25) is 5.91 Å². The molecule has 3 nitrogen and oxygen atoms in total. The van der Waals surface area contributed by atoms with Crippen LogP contribution in [-0.2, 0) is 24.1 Å². The number of hydrogen-bond acceptors (Lipinski definition) is 2. The molecule has 2 rings (SSSR count). The minimum absolute atomic E-state index is 0.309. The summed E-state index contributed by atoms with van der Waals surface area (Å²) in [4.78, 5) is 11.0. The molecule has 0 aromatic heterocycles. The molecule has 3 heteroatoms. The number of carbonyl (C=O) groups excluding carboxylic acids is 1. The van der Waals surface area contributed by atoms with E-state index in [4.69, 9.17) is 5.21 Å². The average Bonchev–Trinajstić information content (AvgIpc) is 2.55. The Hall–Kier alpha value is -2.13. The van der Waals surface area contributed by atoms with Gasteiger partial charge in [-0.2, -0.15) is 0 Å². The second-order valence-corrected chi connectivity index (χ2v) is 5.19. The zero-order valence-electron chi connectivity index (χ0n) is 12.1. The fourth-order valence-electron chi connectivity index (χ4n) is 2.33. The van der Waals surface area contributed by atoms with Crippen LogP contribution in [0.25, 0.3) is 0 Å². The standard InChI is InChI=1S/C18H21NO2/c20-18(19-21)14-13-17-11-9-16(10-12-17)8-4-7-15-5-2-1-3-6-15/h1-3,5-6,9-12,21H,4,7-8,13-14H2,(H,19,20). The van der Waals surface area contributed by atoms with Gasteiger partial charge in [-0.15, -0.1) is 0 Å². The fraction of sp³-hybridized carbons (Fsp3) is 0.278. The highest BCUT2D eigenvalue weighted by Gasteiger charge is 2.01. The number of hydroxylamine groups is 1. The Morgan fingerprint density at radius 1 is 0.810 bits per heavy atom. The molecule has 1 amide bonds. The topological polar surface area (TPSA) is 49.3 Å². The van der Waals surface area contributed by atoms with Crippen molar-refractivity contribution in [1.29, 1.82) is 0 Å². The van der Waals surface area contributed by atoms with Crippen LogP contribution in [0.5, 0.6) is 0 Å². The summed E-state index contributed by atoms with van der Waals surface area (Å²) in [6, 6.07) is 18.9. The van der Waals surface area contributed by atoms with E-state index in [1.165, 1.54) is 11.1 Å². The van der Waals surface area contributed by atoms with Gasteiger partial charge in [0.15, 0.2) is 0 Å². The minimum Gasteiger partial charge on any atom is -0.289 e. The molecule has 2 N–H and O–H groups in total. The maximum atomic E-state index is 11.0. The molecule has 0 spiro atoms. The molecule has 2 aromatic rings. The SMILES string of the molecule is O=C(CCc1ccc(CCCc2ccccc2)cc1)NO. The number of amides is 1. The van der Waals surface area contributed by atoms with Gasteiger partial charge in [0, 0.05) is 6.42 Å². The maximum absolute atomic E-state index is 11.0. The first kappa shape index (κ1) is 15.3. The first-order valence-electron chi connectivity index (χ1n) is 7.32. The third kappa shape index (κ3) is 5.40. The molecule has 0 fully saturated rings. The van der Waals surface area contributed by atoms with E-state index in [-0.39, 0.29) is 5.91 Å². The fourth-order valence-corrected chi connectivity index (χ4v) is 2.33. The predicted octanol–water partition coefficient (Wildman–Crippen LogP) is 3.30. The van der Waals surface area contributed by atoms with Gasteiger partial charge in [-0.05, 0) is 42.4 Å². The zero-order valence-corrected chi connectivity index (χ0v) is 12.1. The van der Waals surface area contributed by atoms with E-state index < -0.39 is 0 Å². The minimum atomic E-state index is -0.345. The van der Waals surface area contributed by atoms with Crippen LogP contribution in [0.15, 0.2) is 54.6 Å². The second kappa shape index (κ2) is 8.22. The van der Waals surface area contributed by atoms with Crippen LogP contribution in [0.1, 0.15) is 29.5 Å². The molecule has 0 bridgehead atoms. The van der Waals surface area contributed by atoms with E-state index >= 15 is 0 Å². The van der Waals surface area contributed by atoms with Gasteiger partial charge in [0.05, 0.1) is 0 Å². The smallest absolute Gasteiger partial charge is 0.243 e. The lowest BCUT2D eigenvalue weighted by atomic mass is 10.0. The molecule has 0 saturated carbocycles. The lowest BCUT2D eigenvalue weighted by molar-refractivity contribution is -0.129. The third-order valence-corrected chi connectivity index (χ3v) is 3.56. The van der Waals surface area contributed by atoms with Crippen molar-refractivity contribution in [3.05, 3.63) is 71.3 Å². The van der Waals surface area contributed by atoms with E-state index in [1.807, 2.05) is 6.07 Å². The number of carbonyl (C=O) groups is 1. The summed E-state index contributed by atoms with van der Waals surface area (Å²) < 4.78 is 0. The van der Waals surface area contributed by atoms with Crippen molar-refractivity contribution < 1.29 is 10.0 Å². The highest BCUT2D eigenvalue weighted by Crippen LogP contribution is 2.11. The Morgan fingerprint density at radius 2 is 1.33 bits per heavy atom. The Morgan fingerprint density at radius 3 is 1.90 bits per heavy atom. The van der Waals surface area contributed by atoms with Crippen molar-refractivity contribution in [2.45, 2.75) is 32.1 Å². The monoisotopic (exact) mass is 283 g/mol. The van der Waals surface area contributed by atoms with Crippen LogP contribution in [0, 0.1) is 0 Å². The van der Waals surface area contributed by atoms with Crippen LogP contribution in [0.3, 0.4) is 0 Å². The van der Waals surface area contributed by atoms with Gasteiger partial charge < -0.3 is 0 Å². The van der Waals surface area contributed by atoms with Crippen LogP contribution in [0.4, 0.5) is 0 Å². The van der Waals surface area contributed by atoms with Crippen LogP contribution in [-0.4, -0.2) is 11.1 Å². The Balaban J connectivity index is 1.76. The van der Waals surface area contributed by atoms with Crippen LogP contribution in [0.2, 0.25) is 0 Å². The number of nitrogens with one attached hydrogen (secondary N) is 1. The molecular formula is C18H21NO2. The van der Waals surface area contributed by atoms with Crippen LogP contribution >= 0.6 is 0 Å². The Labute approximate surface area is 125 Å². The quantitative estimate of drug-likeness (QED) is 0.605. The van der Waals surface area contributed by atoms with Gasteiger partial charge in [0.25, 0.3) is 0 Å². The van der Waals surface area contributed by atoms with Crippen molar-refractivity contribution >= 4 is 5.91 Å². The highest BCUT2D eigenvalue weighted by atomic mass is 16.5. The zero-order chi connectivity index (χ0) is 14.9. The summed E-state index contributed by atoms with van der Waals surface area (Å²) in [6.45, 7) is 0. The van der Waals surface area contributed by atoms with E-state index in [9.17, 15) is 4.79 Å². The van der Waals surface area contributed by atoms with E-state index in [2.05, 4.69) is 48.5 Å². The van der Waals surface area contributed by atoms with E-state index in [0.717, 1.165) is 24.8 Å². The van der Waals surface area contributed by atoms with E-state index in [1.54, 1.807) is 5.48 Å². The highest BCUT2D eigenvalue weighted by molar-refractivity contribution is 5.74. The van der Waals surface area contributed by atoms with Gasteiger partial charge in [0.1, 0.15) is 0 Å². The summed E-state index contributed by atoms with van der Waals surface area (Å²) in [5.41, 5.74) is 5.47. The second-order valence-electron chi connectivity index (χ2n) is 5.19. The van der Waals surface area contributed by atoms with Crippen molar-refractivity contribution in [3.63, 3.8) is 0 Å². The molecule has 0 radical (unpaired) electrons. The summed E-state index contributed by atoms with van der Waals surface area (Å²) in [6.07, 6.45) is 4.25. The molecule has 0 aliphatic heterocycles. The van der Waals surface area contributed by atoms with Crippen molar-refractivity contribution in [2.75, 3.05) is 0 Å². The molecule has 110 valence electrons. The van der Waals surface area contributed by atoms with E-state index in [0.29, 0.717) is 12.8 Å². The molecule has 0 unspecified atom stereocenters. The molecule has 0 heterocycles. The average molecular weight is 283 g/mol. The first-order valence-corrected chi connectivity index (χ1v) is 7.32. The summed E-state index contributed by atoms with van der Waals surface area (Å²) in [7, 11) is 0. The van der Waals surface area contributed by atoms with Gasteiger partial charge in [-0.3, -0.25) is 10.0 Å². The molecule has 21 heavy (non-hydrogen) atoms. The normalized spacial score (nSPS) is 10.3. The first-order chi connectivity index (χ1) is 10.3. The molecule has 0 saturated heterocycles. The summed E-state index contributed by atoms with van der Waals surface area (Å²) in [5.74, 6) is -0.345. The molecule has 0 atom stereocenters. The van der Waals surface area contributed by atoms with Gasteiger partial charge >= 0.3 is 0 Å². The van der Waals surface area contributed by atoms with Crippen LogP contribution < -0.4 is 5.48 Å². The van der Waals surface area contributed by atoms with Crippen molar-refractivity contribution in [3.8, 4) is 0 Å². The van der Waals surface area contributed by atoms with Gasteiger partial charge in [-0.25, -0.2) is 5.48 Å². The largest absolute Gasteiger partial charge is 0.289 e. The lowest BCUT2D eigenvalue weighted by Gasteiger charge is -2.05. The number of aryl methyl sites for hydroxylation is 3. The van der Waals surface area contributed by atoms with Crippen molar-refractivity contribution in [1.82, 2.24) is 5.48 Å². The molecule has 0 aliphatic rings. The predicted molar refractivity (Wildman–Crippen MR) is 83.2 cm³/mol. The summed E-state index contributed by atoms with van der Waals surface area (Å²) in [5, 5.41) is 8.45. The molecular weight excluding hydrogens is 262 g/mol. The maximum Gasteiger partial charge on any atom is 0.243 e. The Kier molecular flexibility index (Phi) is 5.98. The molecule has 0 aliphatic carbocycles. The van der Waals surface area contributed by atoms with Gasteiger partial charge in [-0.1, -0.05) is 54.6 Å². The van der Waals surface area contributed by atoms with Crippen molar-refractivity contribution in [2.24, 2.45) is 0 Å². The lowest BCUT2D eigenvalue weighted by Crippen LogP contribution is -2.18. The summed E-state index contributed by atoms with van der Waals surface area (Å²) >= 11 is 0. The Bertz CT molecular complexity index is 549. The number of hydrogen-bond donors (Lipinski definition) is 2. The molecule has 2 aromatic carbocycles.